The molecule has 2 fully saturated rings. The highest BCUT2D eigenvalue weighted by molar-refractivity contribution is 5.97. The molecule has 45 heavy (non-hydrogen) atoms. The number of rotatable bonds is 13. The number of hydrogen-bond donors (Lipinski definition) is 1. The van der Waals surface area contributed by atoms with Crippen molar-refractivity contribution >= 4 is 30.1 Å². The zero-order chi connectivity index (χ0) is 31.4. The number of nitrogens with one attached hydrogen (secondary N) is 1. The molecule has 12 heteroatoms. The average Bonchev–Trinajstić information content (AvgIpc) is 3.77. The Balaban J connectivity index is 1.37. The Kier molecular flexibility index (Phi) is 11.1. The topological polar surface area (TPSA) is 134 Å². The molecule has 4 amide bonds. The van der Waals surface area contributed by atoms with Crippen LogP contribution in [0.4, 0.5) is 10.6 Å². The standard InChI is InChI=1S/C33H38N6O6/c40-24-37(45-22-27-13-5-2-6-14-27)20-28(19-25-9-7-8-10-25)32(42)39-29(31(41)36-30-15-17-34-23-35-30)16-18-38(39)33(43)44-21-26-11-3-1-4-12-26/h1-6,11-15,17,23-25,28-29H,7-10,16,18-22H2,(H,34,35,36,41)/t28-,29+/m1/s1. The van der Waals surface area contributed by atoms with Crippen molar-refractivity contribution < 1.29 is 28.8 Å². The molecule has 2 aliphatic rings. The van der Waals surface area contributed by atoms with Gasteiger partial charge in [0.2, 0.25) is 12.3 Å². The Labute approximate surface area is 262 Å². The predicted molar refractivity (Wildman–Crippen MR) is 163 cm³/mol. The van der Waals surface area contributed by atoms with Gasteiger partial charge < -0.3 is 10.1 Å². The quantitative estimate of drug-likeness (QED) is 0.222. The van der Waals surface area contributed by atoms with Gasteiger partial charge in [-0.25, -0.2) is 29.8 Å². The Morgan fingerprint density at radius 1 is 0.956 bits per heavy atom. The Morgan fingerprint density at radius 3 is 2.29 bits per heavy atom. The highest BCUT2D eigenvalue weighted by Crippen LogP contribution is 2.33. The van der Waals surface area contributed by atoms with E-state index in [2.05, 4.69) is 15.3 Å². The zero-order valence-electron chi connectivity index (χ0n) is 25.1. The molecule has 2 aromatic carbocycles. The molecule has 2 atom stereocenters. The fourth-order valence-corrected chi connectivity index (χ4v) is 5.87. The van der Waals surface area contributed by atoms with E-state index in [4.69, 9.17) is 9.57 Å². The van der Waals surface area contributed by atoms with Crippen LogP contribution in [0.5, 0.6) is 0 Å². The van der Waals surface area contributed by atoms with Crippen LogP contribution in [0, 0.1) is 11.8 Å². The smallest absolute Gasteiger partial charge is 0.429 e. The summed E-state index contributed by atoms with van der Waals surface area (Å²) >= 11 is 0. The fourth-order valence-electron chi connectivity index (χ4n) is 5.87. The summed E-state index contributed by atoms with van der Waals surface area (Å²) in [5.74, 6) is -1.12. The van der Waals surface area contributed by atoms with Crippen molar-refractivity contribution in [2.75, 3.05) is 18.4 Å². The number of ether oxygens (including phenoxy) is 1. The van der Waals surface area contributed by atoms with Crippen LogP contribution in [-0.4, -0.2) is 68.5 Å². The summed E-state index contributed by atoms with van der Waals surface area (Å²) in [6.45, 7) is 0.220. The molecule has 236 valence electrons. The van der Waals surface area contributed by atoms with Gasteiger partial charge in [-0.3, -0.25) is 19.2 Å². The van der Waals surface area contributed by atoms with E-state index in [9.17, 15) is 19.2 Å². The molecule has 3 aromatic rings. The van der Waals surface area contributed by atoms with Crippen molar-refractivity contribution in [2.45, 2.75) is 57.8 Å². The van der Waals surface area contributed by atoms with Crippen LogP contribution in [0.1, 0.15) is 49.7 Å². The lowest BCUT2D eigenvalue weighted by Gasteiger charge is -2.35. The van der Waals surface area contributed by atoms with Crippen LogP contribution < -0.4 is 5.32 Å². The van der Waals surface area contributed by atoms with E-state index in [1.54, 1.807) is 6.07 Å². The summed E-state index contributed by atoms with van der Waals surface area (Å²) in [6, 6.07) is 19.2. The summed E-state index contributed by atoms with van der Waals surface area (Å²) in [5.41, 5.74) is 1.66. The predicted octanol–water partition coefficient (Wildman–Crippen LogP) is 4.36. The number of carbonyl (C=O) groups is 4. The number of anilines is 1. The van der Waals surface area contributed by atoms with Crippen LogP contribution in [0.2, 0.25) is 0 Å². The number of nitrogens with zero attached hydrogens (tertiary/aromatic N) is 5. The minimum Gasteiger partial charge on any atom is -0.443 e. The molecule has 0 spiro atoms. The van der Waals surface area contributed by atoms with Crippen molar-refractivity contribution in [2.24, 2.45) is 11.8 Å². The van der Waals surface area contributed by atoms with Gasteiger partial charge in [0.15, 0.2) is 0 Å². The van der Waals surface area contributed by atoms with Crippen molar-refractivity contribution in [3.8, 4) is 0 Å². The molecule has 1 aromatic heterocycles. The van der Waals surface area contributed by atoms with E-state index in [1.807, 2.05) is 60.7 Å². The minimum absolute atomic E-state index is 0.00769. The van der Waals surface area contributed by atoms with Gasteiger partial charge in [-0.15, -0.1) is 0 Å². The van der Waals surface area contributed by atoms with Crippen molar-refractivity contribution in [3.05, 3.63) is 90.4 Å². The molecule has 12 nitrogen and oxygen atoms in total. The van der Waals surface area contributed by atoms with Gasteiger partial charge in [0.1, 0.15) is 31.4 Å². The molecule has 0 radical (unpaired) electrons. The van der Waals surface area contributed by atoms with E-state index in [0.717, 1.165) is 41.9 Å². The summed E-state index contributed by atoms with van der Waals surface area (Å²) in [7, 11) is 0. The first-order valence-electron chi connectivity index (χ1n) is 15.3. The minimum atomic E-state index is -1.00. The molecule has 1 aliphatic carbocycles. The SMILES string of the molecule is O=CN(C[C@@H](CC1CCCC1)C(=O)N1[C@H](C(=O)Nc2ccncn2)CCN1C(=O)OCc1ccccc1)OCc1ccccc1. The van der Waals surface area contributed by atoms with Gasteiger partial charge in [-0.05, 0) is 36.0 Å². The number of amides is 4. The second-order valence-electron chi connectivity index (χ2n) is 11.3. The molecule has 0 unspecified atom stereocenters. The third kappa shape index (κ3) is 8.63. The molecular formula is C33H38N6O6. The summed E-state index contributed by atoms with van der Waals surface area (Å²) < 4.78 is 5.59. The van der Waals surface area contributed by atoms with Crippen LogP contribution in [0.25, 0.3) is 0 Å². The highest BCUT2D eigenvalue weighted by atomic mass is 16.7. The van der Waals surface area contributed by atoms with Crippen LogP contribution >= 0.6 is 0 Å². The first-order chi connectivity index (χ1) is 22.0. The Morgan fingerprint density at radius 2 is 1.64 bits per heavy atom. The number of hydrogen-bond acceptors (Lipinski definition) is 8. The lowest BCUT2D eigenvalue weighted by atomic mass is 9.92. The number of hydrazine groups is 1. The van der Waals surface area contributed by atoms with E-state index in [-0.39, 0.29) is 44.5 Å². The van der Waals surface area contributed by atoms with E-state index in [1.165, 1.54) is 22.5 Å². The fraction of sp³-hybridized carbons (Fsp3) is 0.394. The van der Waals surface area contributed by atoms with Crippen molar-refractivity contribution in [1.82, 2.24) is 25.0 Å². The van der Waals surface area contributed by atoms with Gasteiger partial charge in [0.25, 0.3) is 5.91 Å². The average molecular weight is 615 g/mol. The highest BCUT2D eigenvalue weighted by Gasteiger charge is 2.46. The van der Waals surface area contributed by atoms with Gasteiger partial charge in [0.05, 0.1) is 12.5 Å². The molecule has 5 rings (SSSR count). The van der Waals surface area contributed by atoms with Gasteiger partial charge in [-0.2, -0.15) is 0 Å². The molecule has 1 N–H and O–H groups in total. The monoisotopic (exact) mass is 614 g/mol. The first-order valence-corrected chi connectivity index (χ1v) is 15.3. The van der Waals surface area contributed by atoms with Crippen LogP contribution in [0.15, 0.2) is 79.3 Å². The number of hydroxylamine groups is 2. The molecule has 2 heterocycles. The molecule has 0 bridgehead atoms. The number of aromatic nitrogens is 2. The molecule has 1 saturated heterocycles. The third-order valence-electron chi connectivity index (χ3n) is 8.15. The van der Waals surface area contributed by atoms with Gasteiger partial charge in [-0.1, -0.05) is 86.3 Å². The Bertz CT molecular complexity index is 1410. The summed E-state index contributed by atoms with van der Waals surface area (Å²) in [5, 5.41) is 6.28. The molecule has 1 saturated carbocycles. The molecular weight excluding hydrogens is 576 g/mol. The van der Waals surface area contributed by atoms with Gasteiger partial charge >= 0.3 is 6.09 Å². The maximum atomic E-state index is 14.5. The summed E-state index contributed by atoms with van der Waals surface area (Å²) in [6.07, 6.45) is 7.38. The number of benzene rings is 2. The maximum Gasteiger partial charge on any atom is 0.429 e. The maximum absolute atomic E-state index is 14.5. The lowest BCUT2D eigenvalue weighted by Crippen LogP contribution is -2.55. The van der Waals surface area contributed by atoms with E-state index < -0.39 is 29.9 Å². The molecule has 1 aliphatic heterocycles. The van der Waals surface area contributed by atoms with E-state index >= 15 is 0 Å². The van der Waals surface area contributed by atoms with E-state index in [0.29, 0.717) is 12.8 Å². The van der Waals surface area contributed by atoms with Gasteiger partial charge in [0, 0.05) is 12.7 Å². The zero-order valence-corrected chi connectivity index (χ0v) is 25.1. The second-order valence-corrected chi connectivity index (χ2v) is 11.3. The largest absolute Gasteiger partial charge is 0.443 e. The van der Waals surface area contributed by atoms with Crippen molar-refractivity contribution in [1.29, 1.82) is 0 Å². The van der Waals surface area contributed by atoms with Crippen LogP contribution in [0.3, 0.4) is 0 Å². The Hall–Kier alpha value is -4.84. The lowest BCUT2D eigenvalue weighted by molar-refractivity contribution is -0.185. The van der Waals surface area contributed by atoms with Crippen molar-refractivity contribution in [3.63, 3.8) is 0 Å². The second kappa shape index (κ2) is 15.8. The first kappa shape index (κ1) is 31.6. The number of carbonyl (C=O) groups excluding carboxylic acids is 4. The van der Waals surface area contributed by atoms with Crippen LogP contribution in [-0.2, 0) is 37.2 Å². The summed E-state index contributed by atoms with van der Waals surface area (Å²) in [4.78, 5) is 67.3. The normalized spacial score (nSPS) is 17.1. The third-order valence-corrected chi connectivity index (χ3v) is 8.15.